The van der Waals surface area contributed by atoms with Gasteiger partial charge in [-0.25, -0.2) is 0 Å². The number of benzene rings is 1. The Morgan fingerprint density at radius 2 is 2.21 bits per heavy atom. The van der Waals surface area contributed by atoms with Gasteiger partial charge in [-0.15, -0.1) is 0 Å². The number of phenols is 1. The number of Topliss-reactive ketones (excluding diaryl/α,β-unsaturated/α-hetero) is 1. The number of hydrogen-bond donors (Lipinski definition) is 2. The monoisotopic (exact) mass is 301 g/mol. The van der Waals surface area contributed by atoms with Crippen LogP contribution in [0.2, 0.25) is 10.0 Å². The third kappa shape index (κ3) is 2.60. The molecule has 19 heavy (non-hydrogen) atoms. The maximum absolute atomic E-state index is 12.7. The lowest BCUT2D eigenvalue weighted by atomic mass is 9.76. The number of nitrogens with one attached hydrogen (secondary N) is 1. The van der Waals surface area contributed by atoms with Crippen LogP contribution in [0.5, 0.6) is 5.75 Å². The van der Waals surface area contributed by atoms with Crippen molar-refractivity contribution < 1.29 is 9.90 Å². The van der Waals surface area contributed by atoms with Crippen LogP contribution < -0.4 is 5.32 Å². The lowest BCUT2D eigenvalue weighted by Gasteiger charge is -2.26. The first-order chi connectivity index (χ1) is 9.02. The molecule has 5 heteroatoms. The number of phenolic OH excluding ortho intramolecular Hbond substituents is 1. The number of ketones is 1. The molecule has 1 aliphatic rings. The summed E-state index contributed by atoms with van der Waals surface area (Å²) in [7, 11) is 0. The molecule has 0 spiro atoms. The molecule has 3 nitrogen and oxygen atoms in total. The summed E-state index contributed by atoms with van der Waals surface area (Å²) in [4.78, 5) is 12.7. The molecular weight excluding hydrogens is 285 g/mol. The van der Waals surface area contributed by atoms with E-state index >= 15 is 0 Å². The Bertz CT molecular complexity index is 496. The highest BCUT2D eigenvalue weighted by atomic mass is 35.5. The van der Waals surface area contributed by atoms with Gasteiger partial charge in [0.15, 0.2) is 5.78 Å². The summed E-state index contributed by atoms with van der Waals surface area (Å²) in [5.74, 6) is -0.253. The van der Waals surface area contributed by atoms with Crippen LogP contribution in [-0.2, 0) is 0 Å². The van der Waals surface area contributed by atoms with Gasteiger partial charge in [0.1, 0.15) is 10.8 Å². The molecule has 0 amide bonds. The number of halogens is 2. The Hall–Kier alpha value is -0.770. The van der Waals surface area contributed by atoms with Crippen molar-refractivity contribution >= 4 is 29.0 Å². The third-order valence-corrected chi connectivity index (χ3v) is 4.56. The fraction of sp³-hybridized carbons (Fsp3) is 0.500. The minimum absolute atomic E-state index is 0.0459. The molecule has 0 saturated carbocycles. The van der Waals surface area contributed by atoms with Gasteiger partial charge in [-0.2, -0.15) is 0 Å². The summed E-state index contributed by atoms with van der Waals surface area (Å²) >= 11 is 11.7. The molecule has 0 radical (unpaired) electrons. The second-order valence-corrected chi connectivity index (χ2v) is 5.83. The maximum atomic E-state index is 12.7. The Morgan fingerprint density at radius 1 is 1.47 bits per heavy atom. The molecular formula is C14H17Cl2NO2. The minimum Gasteiger partial charge on any atom is -0.506 e. The maximum Gasteiger partial charge on any atom is 0.174 e. The molecule has 1 saturated heterocycles. The second-order valence-electron chi connectivity index (χ2n) is 5.04. The highest BCUT2D eigenvalue weighted by molar-refractivity contribution is 6.43. The van der Waals surface area contributed by atoms with Crippen LogP contribution >= 0.6 is 23.2 Å². The molecule has 1 atom stereocenters. The first kappa shape index (κ1) is 14.6. The number of rotatable bonds is 4. The molecule has 104 valence electrons. The van der Waals surface area contributed by atoms with E-state index in [1.807, 2.05) is 0 Å². The first-order valence-electron chi connectivity index (χ1n) is 6.44. The summed E-state index contributed by atoms with van der Waals surface area (Å²) in [6.45, 7) is 3.54. The predicted molar refractivity (Wildman–Crippen MR) is 77.3 cm³/mol. The van der Waals surface area contributed by atoms with Crippen LogP contribution in [0, 0.1) is 5.41 Å². The zero-order valence-corrected chi connectivity index (χ0v) is 12.3. The molecule has 1 aromatic carbocycles. The Morgan fingerprint density at radius 3 is 2.79 bits per heavy atom. The van der Waals surface area contributed by atoms with Gasteiger partial charge in [-0.3, -0.25) is 4.79 Å². The summed E-state index contributed by atoms with van der Waals surface area (Å²) in [5.41, 5.74) is -0.157. The van der Waals surface area contributed by atoms with Crippen LogP contribution in [-0.4, -0.2) is 24.0 Å². The average Bonchev–Trinajstić information content (AvgIpc) is 2.86. The highest BCUT2D eigenvalue weighted by Gasteiger charge is 2.41. The van der Waals surface area contributed by atoms with Crippen LogP contribution in [0.1, 0.15) is 36.5 Å². The minimum atomic E-state index is -0.427. The number of carbonyl (C=O) groups excluding carboxylic acids is 1. The van der Waals surface area contributed by atoms with E-state index in [1.54, 1.807) is 12.1 Å². The van der Waals surface area contributed by atoms with E-state index in [4.69, 9.17) is 23.2 Å². The van der Waals surface area contributed by atoms with Crippen LogP contribution in [0.4, 0.5) is 0 Å². The van der Waals surface area contributed by atoms with E-state index in [2.05, 4.69) is 12.2 Å². The van der Waals surface area contributed by atoms with E-state index in [9.17, 15) is 9.90 Å². The average molecular weight is 302 g/mol. The molecule has 0 aromatic heterocycles. The molecule has 1 aliphatic heterocycles. The van der Waals surface area contributed by atoms with Crippen molar-refractivity contribution in [1.29, 1.82) is 0 Å². The molecule has 1 heterocycles. The van der Waals surface area contributed by atoms with Crippen molar-refractivity contribution in [2.45, 2.75) is 26.2 Å². The van der Waals surface area contributed by atoms with E-state index in [1.165, 1.54) is 0 Å². The molecule has 0 aliphatic carbocycles. The summed E-state index contributed by atoms with van der Waals surface area (Å²) in [6.07, 6.45) is 2.52. The van der Waals surface area contributed by atoms with Crippen LogP contribution in [0.25, 0.3) is 0 Å². The van der Waals surface area contributed by atoms with Crippen molar-refractivity contribution in [2.75, 3.05) is 13.1 Å². The normalized spacial score (nSPS) is 22.7. The SMILES string of the molecule is CCCC1(C(=O)c2ccc(Cl)c(Cl)c2O)CCNC1. The zero-order chi connectivity index (χ0) is 14.0. The molecule has 1 unspecified atom stereocenters. The third-order valence-electron chi connectivity index (χ3n) is 3.77. The van der Waals surface area contributed by atoms with Crippen LogP contribution in [0.15, 0.2) is 12.1 Å². The molecule has 1 fully saturated rings. The van der Waals surface area contributed by atoms with E-state index < -0.39 is 5.41 Å². The van der Waals surface area contributed by atoms with Gasteiger partial charge in [0, 0.05) is 12.0 Å². The van der Waals surface area contributed by atoms with Gasteiger partial charge < -0.3 is 10.4 Å². The van der Waals surface area contributed by atoms with Gasteiger partial charge >= 0.3 is 0 Å². The fourth-order valence-electron chi connectivity index (χ4n) is 2.75. The second kappa shape index (κ2) is 5.70. The fourth-order valence-corrected chi connectivity index (χ4v) is 3.07. The largest absolute Gasteiger partial charge is 0.506 e. The van der Waals surface area contributed by atoms with Crippen molar-refractivity contribution in [3.63, 3.8) is 0 Å². The smallest absolute Gasteiger partial charge is 0.174 e. The van der Waals surface area contributed by atoms with E-state index in [0.29, 0.717) is 6.54 Å². The Balaban J connectivity index is 2.40. The zero-order valence-electron chi connectivity index (χ0n) is 10.8. The molecule has 2 N–H and O–H groups in total. The van der Waals surface area contributed by atoms with Crippen molar-refractivity contribution in [3.05, 3.63) is 27.7 Å². The predicted octanol–water partition coefficient (Wildman–Crippen LogP) is 3.66. The number of carbonyl (C=O) groups is 1. The summed E-state index contributed by atoms with van der Waals surface area (Å²) in [5, 5.41) is 13.6. The van der Waals surface area contributed by atoms with Gasteiger partial charge in [0.2, 0.25) is 0 Å². The van der Waals surface area contributed by atoms with Gasteiger partial charge in [-0.05, 0) is 31.5 Å². The van der Waals surface area contributed by atoms with Crippen molar-refractivity contribution in [2.24, 2.45) is 5.41 Å². The van der Waals surface area contributed by atoms with Gasteiger partial charge in [-0.1, -0.05) is 36.5 Å². The van der Waals surface area contributed by atoms with Crippen molar-refractivity contribution in [3.8, 4) is 5.75 Å². The summed E-state index contributed by atoms with van der Waals surface area (Å²) < 4.78 is 0. The number of aromatic hydroxyl groups is 1. The Labute approximate surface area is 122 Å². The first-order valence-corrected chi connectivity index (χ1v) is 7.20. The van der Waals surface area contributed by atoms with Gasteiger partial charge in [0.25, 0.3) is 0 Å². The quantitative estimate of drug-likeness (QED) is 0.834. The molecule has 2 rings (SSSR count). The Kier molecular flexibility index (Phi) is 4.39. The lowest BCUT2D eigenvalue weighted by molar-refractivity contribution is 0.0799. The molecule has 0 bridgehead atoms. The molecule has 1 aromatic rings. The summed E-state index contributed by atoms with van der Waals surface area (Å²) in [6, 6.07) is 3.11. The van der Waals surface area contributed by atoms with Gasteiger partial charge in [0.05, 0.1) is 10.6 Å². The highest BCUT2D eigenvalue weighted by Crippen LogP contribution is 2.40. The standard InChI is InChI=1S/C14H17Cl2NO2/c1-2-5-14(6-7-17-8-14)13(19)9-3-4-10(15)11(16)12(9)18/h3-4,17-18H,2,5-8H2,1H3. The number of hydrogen-bond acceptors (Lipinski definition) is 3. The van der Waals surface area contributed by atoms with Crippen LogP contribution in [0.3, 0.4) is 0 Å². The van der Waals surface area contributed by atoms with E-state index in [0.717, 1.165) is 25.8 Å². The topological polar surface area (TPSA) is 49.3 Å². The van der Waals surface area contributed by atoms with Crippen molar-refractivity contribution in [1.82, 2.24) is 5.32 Å². The van der Waals surface area contributed by atoms with E-state index in [-0.39, 0.29) is 27.1 Å². The lowest BCUT2D eigenvalue weighted by Crippen LogP contribution is -2.33.